The zero-order chi connectivity index (χ0) is 13.1. The van der Waals surface area contributed by atoms with Gasteiger partial charge in [0, 0.05) is 11.1 Å². The molecule has 0 aliphatic rings. The second-order valence-electron chi connectivity index (χ2n) is 4.11. The number of hydrogen-bond donors (Lipinski definition) is 1. The van der Waals surface area contributed by atoms with Gasteiger partial charge in [-0.3, -0.25) is 0 Å². The molecule has 0 fully saturated rings. The molecule has 0 aliphatic carbocycles. The standard InChI is InChI=1S/C14H12ClF2N/c15-13-5-4-11(17)8-12(13)14(18)7-9-2-1-3-10(16)6-9/h1-6,8,14H,7,18H2. The van der Waals surface area contributed by atoms with E-state index in [2.05, 4.69) is 0 Å². The Bertz CT molecular complexity index is 557. The van der Waals surface area contributed by atoms with E-state index in [-0.39, 0.29) is 11.6 Å². The van der Waals surface area contributed by atoms with Gasteiger partial charge in [0.15, 0.2) is 0 Å². The zero-order valence-electron chi connectivity index (χ0n) is 9.54. The molecular weight excluding hydrogens is 256 g/mol. The van der Waals surface area contributed by atoms with Crippen LogP contribution in [0.15, 0.2) is 42.5 Å². The van der Waals surface area contributed by atoms with Crippen LogP contribution in [0.1, 0.15) is 17.2 Å². The Kier molecular flexibility index (Phi) is 3.94. The lowest BCUT2D eigenvalue weighted by Gasteiger charge is -2.14. The van der Waals surface area contributed by atoms with Crippen LogP contribution in [0.5, 0.6) is 0 Å². The minimum atomic E-state index is -0.463. The lowest BCUT2D eigenvalue weighted by Crippen LogP contribution is -2.14. The number of rotatable bonds is 3. The van der Waals surface area contributed by atoms with Crippen molar-refractivity contribution in [3.05, 3.63) is 70.2 Å². The molecule has 2 rings (SSSR count). The van der Waals surface area contributed by atoms with Crippen LogP contribution in [0.25, 0.3) is 0 Å². The minimum absolute atomic E-state index is 0.315. The van der Waals surface area contributed by atoms with Gasteiger partial charge in [-0.15, -0.1) is 0 Å². The second kappa shape index (κ2) is 5.46. The molecule has 1 unspecified atom stereocenters. The Labute approximate surface area is 109 Å². The molecule has 0 amide bonds. The third kappa shape index (κ3) is 3.06. The van der Waals surface area contributed by atoms with Gasteiger partial charge in [0.05, 0.1) is 0 Å². The van der Waals surface area contributed by atoms with Crippen molar-refractivity contribution in [1.82, 2.24) is 0 Å². The van der Waals surface area contributed by atoms with E-state index in [1.807, 2.05) is 0 Å². The van der Waals surface area contributed by atoms with Crippen LogP contribution in [0.3, 0.4) is 0 Å². The van der Waals surface area contributed by atoms with Gasteiger partial charge in [-0.25, -0.2) is 8.78 Å². The number of hydrogen-bond acceptors (Lipinski definition) is 1. The highest BCUT2D eigenvalue weighted by molar-refractivity contribution is 6.31. The molecule has 2 aromatic rings. The fourth-order valence-corrected chi connectivity index (χ4v) is 2.08. The van der Waals surface area contributed by atoms with Gasteiger partial charge in [0.25, 0.3) is 0 Å². The largest absolute Gasteiger partial charge is 0.324 e. The average molecular weight is 268 g/mol. The minimum Gasteiger partial charge on any atom is -0.324 e. The highest BCUT2D eigenvalue weighted by Crippen LogP contribution is 2.25. The first-order valence-electron chi connectivity index (χ1n) is 5.51. The quantitative estimate of drug-likeness (QED) is 0.898. The van der Waals surface area contributed by atoms with E-state index in [9.17, 15) is 8.78 Å². The summed E-state index contributed by atoms with van der Waals surface area (Å²) >= 11 is 5.97. The molecule has 0 spiro atoms. The first-order chi connectivity index (χ1) is 8.56. The van der Waals surface area contributed by atoms with Crippen LogP contribution >= 0.6 is 11.6 Å². The first kappa shape index (κ1) is 13.0. The molecule has 94 valence electrons. The summed E-state index contributed by atoms with van der Waals surface area (Å²) < 4.78 is 26.2. The van der Waals surface area contributed by atoms with Crippen LogP contribution in [-0.2, 0) is 6.42 Å². The van der Waals surface area contributed by atoms with Crippen molar-refractivity contribution >= 4 is 11.6 Å². The number of nitrogens with two attached hydrogens (primary N) is 1. The monoisotopic (exact) mass is 267 g/mol. The maximum atomic E-state index is 13.1. The summed E-state index contributed by atoms with van der Waals surface area (Å²) in [6, 6.07) is 9.76. The molecule has 0 aliphatic heterocycles. The van der Waals surface area contributed by atoms with Crippen LogP contribution in [0.2, 0.25) is 5.02 Å². The van der Waals surface area contributed by atoms with Gasteiger partial charge in [0.1, 0.15) is 11.6 Å². The summed E-state index contributed by atoms with van der Waals surface area (Å²) in [6.07, 6.45) is 0.404. The van der Waals surface area contributed by atoms with Crippen molar-refractivity contribution in [2.45, 2.75) is 12.5 Å². The van der Waals surface area contributed by atoms with Gasteiger partial charge in [0.2, 0.25) is 0 Å². The van der Waals surface area contributed by atoms with E-state index in [1.165, 1.54) is 30.3 Å². The van der Waals surface area contributed by atoms with Crippen molar-refractivity contribution in [3.63, 3.8) is 0 Å². The second-order valence-corrected chi connectivity index (χ2v) is 4.51. The van der Waals surface area contributed by atoms with E-state index >= 15 is 0 Å². The summed E-state index contributed by atoms with van der Waals surface area (Å²) in [6.45, 7) is 0. The third-order valence-electron chi connectivity index (χ3n) is 2.70. The van der Waals surface area contributed by atoms with Crippen molar-refractivity contribution < 1.29 is 8.78 Å². The fraction of sp³-hybridized carbons (Fsp3) is 0.143. The SMILES string of the molecule is NC(Cc1cccc(F)c1)c1cc(F)ccc1Cl. The Morgan fingerprint density at radius 2 is 1.78 bits per heavy atom. The molecule has 4 heteroatoms. The molecule has 2 N–H and O–H groups in total. The Morgan fingerprint density at radius 1 is 1.06 bits per heavy atom. The van der Waals surface area contributed by atoms with Gasteiger partial charge >= 0.3 is 0 Å². The van der Waals surface area contributed by atoms with Crippen molar-refractivity contribution in [2.75, 3.05) is 0 Å². The highest BCUT2D eigenvalue weighted by atomic mass is 35.5. The molecule has 18 heavy (non-hydrogen) atoms. The predicted octanol–water partition coefficient (Wildman–Crippen LogP) is 3.86. The fourth-order valence-electron chi connectivity index (χ4n) is 1.83. The number of halogens is 3. The smallest absolute Gasteiger partial charge is 0.123 e. The van der Waals surface area contributed by atoms with Gasteiger partial charge in [-0.2, -0.15) is 0 Å². The van der Waals surface area contributed by atoms with Crippen LogP contribution in [0, 0.1) is 11.6 Å². The summed E-state index contributed by atoms with van der Waals surface area (Å²) in [7, 11) is 0. The molecule has 0 heterocycles. The van der Waals surface area contributed by atoms with E-state index < -0.39 is 6.04 Å². The Hall–Kier alpha value is -1.45. The molecule has 2 aromatic carbocycles. The molecule has 1 atom stereocenters. The van der Waals surface area contributed by atoms with Crippen LogP contribution < -0.4 is 5.73 Å². The third-order valence-corrected chi connectivity index (χ3v) is 3.05. The Morgan fingerprint density at radius 3 is 2.50 bits per heavy atom. The maximum absolute atomic E-state index is 13.1. The molecule has 0 bridgehead atoms. The number of benzene rings is 2. The maximum Gasteiger partial charge on any atom is 0.123 e. The van der Waals surface area contributed by atoms with Crippen LogP contribution in [-0.4, -0.2) is 0 Å². The molecule has 0 aromatic heterocycles. The molecule has 0 saturated heterocycles. The normalized spacial score (nSPS) is 12.4. The summed E-state index contributed by atoms with van der Waals surface area (Å²) in [4.78, 5) is 0. The molecule has 0 saturated carbocycles. The van der Waals surface area contributed by atoms with E-state index in [1.54, 1.807) is 12.1 Å². The summed E-state index contributed by atoms with van der Waals surface area (Å²) in [5.74, 6) is -0.700. The van der Waals surface area contributed by atoms with Crippen LogP contribution in [0.4, 0.5) is 8.78 Å². The molecule has 1 nitrogen and oxygen atoms in total. The molecular formula is C14H12ClF2N. The van der Waals surface area contributed by atoms with E-state index in [0.717, 1.165) is 5.56 Å². The Balaban J connectivity index is 2.21. The lowest BCUT2D eigenvalue weighted by atomic mass is 9.99. The van der Waals surface area contributed by atoms with E-state index in [4.69, 9.17) is 17.3 Å². The zero-order valence-corrected chi connectivity index (χ0v) is 10.3. The van der Waals surface area contributed by atoms with Gasteiger partial charge in [-0.05, 0) is 47.9 Å². The van der Waals surface area contributed by atoms with Gasteiger partial charge in [-0.1, -0.05) is 23.7 Å². The van der Waals surface area contributed by atoms with E-state index in [0.29, 0.717) is 17.0 Å². The molecule has 0 radical (unpaired) electrons. The lowest BCUT2D eigenvalue weighted by molar-refractivity contribution is 0.614. The average Bonchev–Trinajstić information content (AvgIpc) is 2.32. The summed E-state index contributed by atoms with van der Waals surface area (Å²) in [5, 5.41) is 0.417. The van der Waals surface area contributed by atoms with Gasteiger partial charge < -0.3 is 5.73 Å². The van der Waals surface area contributed by atoms with Crippen molar-refractivity contribution in [3.8, 4) is 0 Å². The predicted molar refractivity (Wildman–Crippen MR) is 68.4 cm³/mol. The first-order valence-corrected chi connectivity index (χ1v) is 5.89. The topological polar surface area (TPSA) is 26.0 Å². The highest BCUT2D eigenvalue weighted by Gasteiger charge is 2.12. The van der Waals surface area contributed by atoms with Crippen molar-refractivity contribution in [1.29, 1.82) is 0 Å². The summed E-state index contributed by atoms with van der Waals surface area (Å²) in [5.41, 5.74) is 7.25. The van der Waals surface area contributed by atoms with Crippen molar-refractivity contribution in [2.24, 2.45) is 5.73 Å².